The van der Waals surface area contributed by atoms with Crippen LogP contribution < -0.4 is 5.73 Å². The van der Waals surface area contributed by atoms with E-state index in [-0.39, 0.29) is 11.7 Å². The Kier molecular flexibility index (Phi) is 3.16. The summed E-state index contributed by atoms with van der Waals surface area (Å²) < 4.78 is 12.7. The summed E-state index contributed by atoms with van der Waals surface area (Å²) in [4.78, 5) is 30.2. The molecule has 0 saturated heterocycles. The molecule has 2 aromatic heterocycles. The summed E-state index contributed by atoms with van der Waals surface area (Å²) in [5.41, 5.74) is 5.76. The second-order valence-electron chi connectivity index (χ2n) is 6.34. The number of aromatic nitrogens is 4. The van der Waals surface area contributed by atoms with E-state index in [9.17, 15) is 14.8 Å². The number of nitrogens with two attached hydrogens (primary N) is 1. The first-order valence-electron chi connectivity index (χ1n) is 7.29. The van der Waals surface area contributed by atoms with Crippen molar-refractivity contribution in [1.82, 2.24) is 19.5 Å². The van der Waals surface area contributed by atoms with Crippen LogP contribution in [0.25, 0.3) is 11.2 Å². The van der Waals surface area contributed by atoms with E-state index in [1.165, 1.54) is 18.7 Å². The predicted octanol–water partition coefficient (Wildman–Crippen LogP) is -0.617. The van der Waals surface area contributed by atoms with Crippen LogP contribution in [0.4, 0.5) is 5.82 Å². The molecule has 2 heterocycles. The molecule has 2 aliphatic carbocycles. The van der Waals surface area contributed by atoms with Crippen LogP contribution in [0, 0.1) is 11.3 Å². The van der Waals surface area contributed by atoms with Gasteiger partial charge in [-0.25, -0.2) is 15.0 Å². The van der Waals surface area contributed by atoms with E-state index in [4.69, 9.17) is 15.5 Å². The van der Waals surface area contributed by atoms with Gasteiger partial charge in [-0.15, -0.1) is 0 Å². The standard InChI is InChI=1S/C13H16N5O5P/c14-11-7-12(16-4-15-11)18(5-17-7)8-6-3-13(6,10(20)9(8)19)1-2-24(21,22)23/h1-2,4-6,8-10,19-20H,3H2,(H2,14,15,16)(H2,21,22,23)/t6-,8-,9+,10+,13+/m1/s1. The summed E-state index contributed by atoms with van der Waals surface area (Å²) in [5.74, 6) is 0.825. The smallest absolute Gasteiger partial charge is 0.348 e. The number of fused-ring (bicyclic) bond motifs is 2. The van der Waals surface area contributed by atoms with E-state index in [0.29, 0.717) is 17.6 Å². The van der Waals surface area contributed by atoms with Gasteiger partial charge in [-0.2, -0.15) is 0 Å². The number of nitrogens with zero attached hydrogens (tertiary/aromatic N) is 4. The Morgan fingerprint density at radius 2 is 2.08 bits per heavy atom. The second-order valence-corrected chi connectivity index (χ2v) is 7.81. The van der Waals surface area contributed by atoms with E-state index >= 15 is 0 Å². The minimum Gasteiger partial charge on any atom is -0.389 e. The number of nitrogen functional groups attached to an aromatic ring is 1. The third-order valence-corrected chi connectivity index (χ3v) is 5.56. The Bertz CT molecular complexity index is 894. The minimum absolute atomic E-state index is 0.182. The van der Waals surface area contributed by atoms with Crippen LogP contribution in [-0.2, 0) is 4.57 Å². The molecule has 10 nitrogen and oxygen atoms in total. The molecule has 4 rings (SSSR count). The molecule has 11 heteroatoms. The van der Waals surface area contributed by atoms with Crippen molar-refractivity contribution in [2.75, 3.05) is 5.73 Å². The van der Waals surface area contributed by atoms with Gasteiger partial charge < -0.3 is 30.3 Å². The zero-order valence-corrected chi connectivity index (χ0v) is 13.2. The number of aliphatic hydroxyl groups is 2. The number of rotatable bonds is 3. The molecule has 0 aliphatic heterocycles. The molecule has 0 aromatic carbocycles. The Hall–Kier alpha value is -1.84. The molecule has 0 amide bonds. The van der Waals surface area contributed by atoms with Crippen LogP contribution in [0.1, 0.15) is 12.5 Å². The van der Waals surface area contributed by atoms with Gasteiger partial charge in [-0.1, -0.05) is 6.08 Å². The van der Waals surface area contributed by atoms with Crippen molar-refractivity contribution < 1.29 is 24.6 Å². The van der Waals surface area contributed by atoms with Crippen LogP contribution >= 0.6 is 7.60 Å². The van der Waals surface area contributed by atoms with Crippen molar-refractivity contribution in [3.05, 3.63) is 24.5 Å². The summed E-state index contributed by atoms with van der Waals surface area (Å²) >= 11 is 0. The Morgan fingerprint density at radius 1 is 1.33 bits per heavy atom. The van der Waals surface area contributed by atoms with Gasteiger partial charge in [-0.3, -0.25) is 4.57 Å². The predicted molar refractivity (Wildman–Crippen MR) is 82.5 cm³/mol. The van der Waals surface area contributed by atoms with E-state index < -0.39 is 31.3 Å². The topological polar surface area (TPSA) is 168 Å². The first-order chi connectivity index (χ1) is 11.2. The van der Waals surface area contributed by atoms with Crippen LogP contribution in [-0.4, -0.2) is 51.7 Å². The van der Waals surface area contributed by atoms with Crippen LogP contribution in [0.2, 0.25) is 0 Å². The highest BCUT2D eigenvalue weighted by atomic mass is 31.2. The normalized spacial score (nSPS) is 35.7. The fraction of sp³-hybridized carbons (Fsp3) is 0.462. The molecule has 0 bridgehead atoms. The van der Waals surface area contributed by atoms with Crippen molar-refractivity contribution in [2.45, 2.75) is 24.7 Å². The molecule has 2 saturated carbocycles. The van der Waals surface area contributed by atoms with Crippen LogP contribution in [0.3, 0.4) is 0 Å². The van der Waals surface area contributed by atoms with Gasteiger partial charge in [-0.05, 0) is 12.3 Å². The first kappa shape index (κ1) is 15.7. The average molecular weight is 353 g/mol. The van der Waals surface area contributed by atoms with Gasteiger partial charge in [0.25, 0.3) is 0 Å². The van der Waals surface area contributed by atoms with Crippen molar-refractivity contribution in [3.8, 4) is 0 Å². The lowest BCUT2D eigenvalue weighted by Gasteiger charge is -2.23. The molecule has 24 heavy (non-hydrogen) atoms. The molecular weight excluding hydrogens is 337 g/mol. The second kappa shape index (κ2) is 4.84. The van der Waals surface area contributed by atoms with E-state index in [1.54, 1.807) is 4.57 Å². The van der Waals surface area contributed by atoms with Gasteiger partial charge in [0.2, 0.25) is 0 Å². The highest BCUT2D eigenvalue weighted by Gasteiger charge is 2.70. The van der Waals surface area contributed by atoms with Crippen molar-refractivity contribution in [3.63, 3.8) is 0 Å². The molecule has 128 valence electrons. The lowest BCUT2D eigenvalue weighted by molar-refractivity contribution is -0.00808. The maximum absolute atomic E-state index is 11.1. The quantitative estimate of drug-likeness (QED) is 0.452. The lowest BCUT2D eigenvalue weighted by atomic mass is 10.00. The highest BCUT2D eigenvalue weighted by Crippen LogP contribution is 2.69. The largest absolute Gasteiger partial charge is 0.389 e. The summed E-state index contributed by atoms with van der Waals surface area (Å²) in [7, 11) is -4.34. The number of hydrogen-bond acceptors (Lipinski definition) is 7. The van der Waals surface area contributed by atoms with Gasteiger partial charge in [0, 0.05) is 11.2 Å². The summed E-state index contributed by atoms with van der Waals surface area (Å²) in [6, 6.07) is -0.513. The minimum atomic E-state index is -4.34. The molecule has 6 N–H and O–H groups in total. The number of imidazole rings is 1. The lowest BCUT2D eigenvalue weighted by Crippen LogP contribution is -2.33. The number of hydrogen-bond donors (Lipinski definition) is 5. The Morgan fingerprint density at radius 3 is 2.79 bits per heavy atom. The van der Waals surface area contributed by atoms with Gasteiger partial charge in [0.1, 0.15) is 17.9 Å². The third kappa shape index (κ3) is 2.11. The highest BCUT2D eigenvalue weighted by molar-refractivity contribution is 7.55. The number of anilines is 1. The van der Waals surface area contributed by atoms with E-state index in [2.05, 4.69) is 15.0 Å². The van der Waals surface area contributed by atoms with Gasteiger partial charge in [0.05, 0.1) is 18.5 Å². The molecule has 2 aromatic rings. The molecule has 0 unspecified atom stereocenters. The Balaban J connectivity index is 1.74. The zero-order valence-electron chi connectivity index (χ0n) is 12.3. The van der Waals surface area contributed by atoms with E-state index in [1.807, 2.05) is 0 Å². The summed E-state index contributed by atoms with van der Waals surface area (Å²) in [5, 5.41) is 20.9. The summed E-state index contributed by atoms with van der Waals surface area (Å²) in [6.45, 7) is 0. The fourth-order valence-corrected chi connectivity index (χ4v) is 4.29. The average Bonchev–Trinajstić information content (AvgIpc) is 3.00. The van der Waals surface area contributed by atoms with Crippen LogP contribution in [0.15, 0.2) is 24.5 Å². The zero-order chi connectivity index (χ0) is 17.3. The first-order valence-corrected chi connectivity index (χ1v) is 8.97. The fourth-order valence-electron chi connectivity index (χ4n) is 3.82. The van der Waals surface area contributed by atoms with Gasteiger partial charge >= 0.3 is 7.60 Å². The van der Waals surface area contributed by atoms with Crippen molar-refractivity contribution in [1.29, 1.82) is 0 Å². The molecule has 5 atom stereocenters. The molecular formula is C13H16N5O5P. The maximum atomic E-state index is 11.1. The monoisotopic (exact) mass is 353 g/mol. The molecule has 0 spiro atoms. The number of aliphatic hydroxyl groups excluding tert-OH is 2. The molecule has 0 radical (unpaired) electrons. The van der Waals surface area contributed by atoms with Gasteiger partial charge in [0.15, 0.2) is 11.5 Å². The van der Waals surface area contributed by atoms with Crippen molar-refractivity contribution >= 4 is 24.6 Å². The molecule has 2 aliphatic rings. The maximum Gasteiger partial charge on any atom is 0.348 e. The SMILES string of the molecule is Nc1ncnc2c1ncn2[C@H]1[C@H](O)[C@H](O)[C@@]2(C=CP(=O)(O)O)C[C@H]12. The molecule has 2 fully saturated rings. The van der Waals surface area contributed by atoms with Crippen molar-refractivity contribution in [2.24, 2.45) is 11.3 Å². The summed E-state index contributed by atoms with van der Waals surface area (Å²) in [6.07, 6.45) is 2.37. The van der Waals surface area contributed by atoms with Crippen LogP contribution in [0.5, 0.6) is 0 Å². The van der Waals surface area contributed by atoms with E-state index in [0.717, 1.165) is 5.82 Å². The third-order valence-electron chi connectivity index (χ3n) is 5.03. The Labute approximate surface area is 135 Å².